The van der Waals surface area contributed by atoms with Crippen molar-refractivity contribution in [1.82, 2.24) is 5.32 Å². The van der Waals surface area contributed by atoms with Crippen LogP contribution in [0.15, 0.2) is 18.2 Å². The van der Waals surface area contributed by atoms with E-state index in [0.717, 1.165) is 17.5 Å². The topological polar surface area (TPSA) is 38.0 Å². The molecule has 0 saturated heterocycles. The Bertz CT molecular complexity index is 441. The number of hydrogen-bond acceptors (Lipinski definition) is 2. The van der Waals surface area contributed by atoms with E-state index >= 15 is 0 Å². The first-order chi connectivity index (χ1) is 8.65. The van der Waals surface area contributed by atoms with E-state index in [4.69, 9.17) is 5.73 Å². The molecule has 4 unspecified atom stereocenters. The van der Waals surface area contributed by atoms with E-state index in [9.17, 15) is 0 Å². The second kappa shape index (κ2) is 4.58. The number of fused-ring (bicyclic) bond motifs is 1. The molecular weight excluding hydrogens is 220 g/mol. The first kappa shape index (κ1) is 12.0. The summed E-state index contributed by atoms with van der Waals surface area (Å²) in [5, 5.41) is 3.89. The molecule has 3 rings (SSSR count). The first-order valence-electron chi connectivity index (χ1n) is 7.29. The Kier molecular flexibility index (Phi) is 3.06. The third-order valence-corrected chi connectivity index (χ3v) is 5.13. The Morgan fingerprint density at radius 1 is 1.17 bits per heavy atom. The summed E-state index contributed by atoms with van der Waals surface area (Å²) in [5.74, 6) is 1.68. The van der Waals surface area contributed by atoms with Crippen LogP contribution in [0, 0.1) is 11.8 Å². The van der Waals surface area contributed by atoms with Gasteiger partial charge in [0, 0.05) is 17.8 Å². The molecule has 4 atom stereocenters. The van der Waals surface area contributed by atoms with Crippen LogP contribution in [0.4, 0.5) is 5.69 Å². The van der Waals surface area contributed by atoms with Gasteiger partial charge in [0.05, 0.1) is 0 Å². The molecule has 0 radical (unpaired) electrons. The summed E-state index contributed by atoms with van der Waals surface area (Å²) in [6.07, 6.45) is 5.12. The summed E-state index contributed by atoms with van der Waals surface area (Å²) in [6.45, 7) is 4.78. The number of nitrogens with two attached hydrogens (primary N) is 1. The van der Waals surface area contributed by atoms with Crippen LogP contribution in [-0.2, 0) is 6.42 Å². The molecule has 0 heterocycles. The Hall–Kier alpha value is -1.02. The van der Waals surface area contributed by atoms with Crippen molar-refractivity contribution in [2.24, 2.45) is 11.8 Å². The maximum atomic E-state index is 5.86. The van der Waals surface area contributed by atoms with Gasteiger partial charge in [0.25, 0.3) is 0 Å². The minimum Gasteiger partial charge on any atom is -0.399 e. The third kappa shape index (κ3) is 2.03. The van der Waals surface area contributed by atoms with Crippen molar-refractivity contribution in [3.8, 4) is 0 Å². The predicted molar refractivity (Wildman–Crippen MR) is 76.4 cm³/mol. The number of nitrogens with one attached hydrogen (secondary N) is 1. The van der Waals surface area contributed by atoms with Gasteiger partial charge in [0.15, 0.2) is 0 Å². The van der Waals surface area contributed by atoms with Gasteiger partial charge < -0.3 is 11.1 Å². The molecule has 0 aliphatic heterocycles. The lowest BCUT2D eigenvalue weighted by atomic mass is 9.96. The quantitative estimate of drug-likeness (QED) is 0.784. The van der Waals surface area contributed by atoms with Gasteiger partial charge in [-0.3, -0.25) is 0 Å². The van der Waals surface area contributed by atoms with Crippen molar-refractivity contribution in [3.63, 3.8) is 0 Å². The highest BCUT2D eigenvalue weighted by Crippen LogP contribution is 2.37. The molecule has 98 valence electrons. The number of nitrogen functional groups attached to an aromatic ring is 1. The van der Waals surface area contributed by atoms with Gasteiger partial charge in [-0.2, -0.15) is 0 Å². The molecule has 1 saturated carbocycles. The zero-order valence-corrected chi connectivity index (χ0v) is 11.4. The van der Waals surface area contributed by atoms with Crippen LogP contribution in [0.2, 0.25) is 0 Å². The largest absolute Gasteiger partial charge is 0.399 e. The summed E-state index contributed by atoms with van der Waals surface area (Å²) in [7, 11) is 0. The second-order valence-electron chi connectivity index (χ2n) is 6.24. The van der Waals surface area contributed by atoms with Crippen LogP contribution in [-0.4, -0.2) is 6.04 Å². The lowest BCUT2D eigenvalue weighted by Crippen LogP contribution is -2.34. The smallest absolute Gasteiger partial charge is 0.0328 e. The zero-order valence-electron chi connectivity index (χ0n) is 11.4. The van der Waals surface area contributed by atoms with Crippen LogP contribution in [0.25, 0.3) is 0 Å². The summed E-state index contributed by atoms with van der Waals surface area (Å²) in [6, 6.07) is 7.67. The Balaban J connectivity index is 1.73. The molecule has 1 aromatic rings. The number of aryl methyl sites for hydroxylation is 1. The van der Waals surface area contributed by atoms with Crippen LogP contribution in [0.3, 0.4) is 0 Å². The molecule has 1 fully saturated rings. The molecule has 0 aromatic heterocycles. The van der Waals surface area contributed by atoms with Gasteiger partial charge >= 0.3 is 0 Å². The predicted octanol–water partition coefficient (Wildman–Crippen LogP) is 3.28. The van der Waals surface area contributed by atoms with Crippen LogP contribution in [0.1, 0.15) is 50.3 Å². The number of benzene rings is 1. The summed E-state index contributed by atoms with van der Waals surface area (Å²) in [5.41, 5.74) is 9.69. The fraction of sp³-hybridized carbons (Fsp3) is 0.625. The van der Waals surface area contributed by atoms with E-state index in [1.165, 1.54) is 36.8 Å². The highest BCUT2D eigenvalue weighted by Gasteiger charge is 2.33. The molecule has 1 aromatic carbocycles. The SMILES string of the molecule is CC1CCC(NC2CCc3cc(N)ccc32)C1C. The summed E-state index contributed by atoms with van der Waals surface area (Å²) in [4.78, 5) is 0. The van der Waals surface area contributed by atoms with Crippen molar-refractivity contribution >= 4 is 5.69 Å². The normalized spacial score (nSPS) is 34.8. The van der Waals surface area contributed by atoms with E-state index in [1.807, 2.05) is 6.07 Å². The number of rotatable bonds is 2. The second-order valence-corrected chi connectivity index (χ2v) is 6.24. The van der Waals surface area contributed by atoms with E-state index in [2.05, 4.69) is 31.3 Å². The van der Waals surface area contributed by atoms with Gasteiger partial charge in [-0.15, -0.1) is 0 Å². The fourth-order valence-corrected chi connectivity index (χ4v) is 3.67. The van der Waals surface area contributed by atoms with Crippen molar-refractivity contribution in [2.75, 3.05) is 5.73 Å². The molecule has 3 N–H and O–H groups in total. The minimum atomic E-state index is 0.554. The first-order valence-corrected chi connectivity index (χ1v) is 7.29. The van der Waals surface area contributed by atoms with E-state index < -0.39 is 0 Å². The summed E-state index contributed by atoms with van der Waals surface area (Å²) < 4.78 is 0. The van der Waals surface area contributed by atoms with Crippen LogP contribution >= 0.6 is 0 Å². The Morgan fingerprint density at radius 3 is 2.72 bits per heavy atom. The van der Waals surface area contributed by atoms with E-state index in [0.29, 0.717) is 12.1 Å². The lowest BCUT2D eigenvalue weighted by molar-refractivity contribution is 0.338. The Morgan fingerprint density at radius 2 is 2.00 bits per heavy atom. The van der Waals surface area contributed by atoms with Crippen molar-refractivity contribution in [1.29, 1.82) is 0 Å². The molecular formula is C16H24N2. The molecule has 18 heavy (non-hydrogen) atoms. The Labute approximate surface area is 110 Å². The molecule has 2 nitrogen and oxygen atoms in total. The number of anilines is 1. The molecule has 0 bridgehead atoms. The lowest BCUT2D eigenvalue weighted by Gasteiger charge is -2.24. The highest BCUT2D eigenvalue weighted by atomic mass is 15.0. The zero-order chi connectivity index (χ0) is 12.7. The average molecular weight is 244 g/mol. The van der Waals surface area contributed by atoms with Crippen molar-refractivity contribution in [2.45, 2.75) is 51.6 Å². The maximum absolute atomic E-state index is 5.86. The van der Waals surface area contributed by atoms with Gasteiger partial charge in [0.2, 0.25) is 0 Å². The van der Waals surface area contributed by atoms with Crippen molar-refractivity contribution in [3.05, 3.63) is 29.3 Å². The molecule has 2 heteroatoms. The van der Waals surface area contributed by atoms with Crippen LogP contribution in [0.5, 0.6) is 0 Å². The number of hydrogen-bond donors (Lipinski definition) is 2. The standard InChI is InChI=1S/C16H24N2/c1-10-3-7-15(11(10)2)18-16-8-4-12-9-13(17)5-6-14(12)16/h5-6,9-11,15-16,18H,3-4,7-8,17H2,1-2H3. The van der Waals surface area contributed by atoms with Gasteiger partial charge in [-0.25, -0.2) is 0 Å². The molecule has 2 aliphatic rings. The highest BCUT2D eigenvalue weighted by molar-refractivity contribution is 5.47. The minimum absolute atomic E-state index is 0.554. The summed E-state index contributed by atoms with van der Waals surface area (Å²) >= 11 is 0. The van der Waals surface area contributed by atoms with E-state index in [-0.39, 0.29) is 0 Å². The van der Waals surface area contributed by atoms with Crippen molar-refractivity contribution < 1.29 is 0 Å². The van der Waals surface area contributed by atoms with E-state index in [1.54, 1.807) is 0 Å². The molecule has 0 spiro atoms. The van der Waals surface area contributed by atoms with Crippen LogP contribution < -0.4 is 11.1 Å². The van der Waals surface area contributed by atoms with Gasteiger partial charge in [-0.05, 0) is 60.8 Å². The molecule has 0 amide bonds. The van der Waals surface area contributed by atoms with Gasteiger partial charge in [-0.1, -0.05) is 19.9 Å². The molecule has 2 aliphatic carbocycles. The fourth-order valence-electron chi connectivity index (χ4n) is 3.67. The third-order valence-electron chi connectivity index (χ3n) is 5.13. The average Bonchev–Trinajstić information content (AvgIpc) is 2.88. The maximum Gasteiger partial charge on any atom is 0.0328 e. The monoisotopic (exact) mass is 244 g/mol. The van der Waals surface area contributed by atoms with Gasteiger partial charge in [0.1, 0.15) is 0 Å².